The lowest BCUT2D eigenvalue weighted by Gasteiger charge is -2.49. The summed E-state index contributed by atoms with van der Waals surface area (Å²) in [6.07, 6.45) is 7.07. The molecule has 0 radical (unpaired) electrons. The lowest BCUT2D eigenvalue weighted by molar-refractivity contribution is -0.134. The van der Waals surface area contributed by atoms with Gasteiger partial charge in [-0.15, -0.1) is 0 Å². The van der Waals surface area contributed by atoms with Crippen LogP contribution in [0.5, 0.6) is 0 Å². The molecule has 2 aliphatic carbocycles. The van der Waals surface area contributed by atoms with E-state index >= 15 is 0 Å². The first-order chi connectivity index (χ1) is 13.1. The Kier molecular flexibility index (Phi) is 4.37. The number of ether oxygens (including phenoxy) is 1. The largest absolute Gasteiger partial charge is 0.450 e. The maximum Gasteiger partial charge on any atom is 0.409 e. The first-order valence-corrected chi connectivity index (χ1v) is 11.0. The highest BCUT2D eigenvalue weighted by Gasteiger charge is 2.62. The fourth-order valence-electron chi connectivity index (χ4n) is 6.39. The minimum absolute atomic E-state index is 0.140. The third-order valence-electron chi connectivity index (χ3n) is 7.99. The van der Waals surface area contributed by atoms with Gasteiger partial charge in [-0.25, -0.2) is 4.79 Å². The molecule has 5 fully saturated rings. The molecular formula is C21H33N3O3. The lowest BCUT2D eigenvalue weighted by atomic mass is 9.64. The van der Waals surface area contributed by atoms with E-state index in [4.69, 9.17) is 4.74 Å². The molecule has 6 nitrogen and oxygen atoms in total. The zero-order valence-electron chi connectivity index (χ0n) is 16.6. The summed E-state index contributed by atoms with van der Waals surface area (Å²) < 4.78 is 5.16. The van der Waals surface area contributed by atoms with Crippen molar-refractivity contribution in [3.63, 3.8) is 0 Å². The van der Waals surface area contributed by atoms with Gasteiger partial charge in [0, 0.05) is 51.2 Å². The molecule has 1 spiro atoms. The maximum atomic E-state index is 12.7. The monoisotopic (exact) mass is 375 g/mol. The van der Waals surface area contributed by atoms with E-state index < -0.39 is 0 Å². The second-order valence-corrected chi connectivity index (χ2v) is 9.63. The minimum atomic E-state index is -0.140. The Balaban J connectivity index is 1.08. The number of likely N-dealkylation sites (tertiary alicyclic amines) is 3. The van der Waals surface area contributed by atoms with Crippen LogP contribution in [0.2, 0.25) is 0 Å². The number of piperidine rings is 2. The van der Waals surface area contributed by atoms with Crippen LogP contribution in [0.4, 0.5) is 4.79 Å². The molecule has 0 bridgehead atoms. The van der Waals surface area contributed by atoms with Gasteiger partial charge >= 0.3 is 6.09 Å². The molecule has 0 aromatic rings. The van der Waals surface area contributed by atoms with Crippen LogP contribution in [0.15, 0.2) is 0 Å². The third-order valence-corrected chi connectivity index (χ3v) is 7.99. The number of hydrogen-bond acceptors (Lipinski definition) is 4. The van der Waals surface area contributed by atoms with Crippen molar-refractivity contribution >= 4 is 12.0 Å². The molecule has 5 aliphatic rings. The van der Waals surface area contributed by atoms with Gasteiger partial charge in [0.15, 0.2) is 0 Å². The first kappa shape index (κ1) is 17.8. The van der Waals surface area contributed by atoms with Crippen LogP contribution < -0.4 is 0 Å². The molecule has 0 aromatic carbocycles. The summed E-state index contributed by atoms with van der Waals surface area (Å²) in [6.45, 7) is 8.27. The van der Waals surface area contributed by atoms with E-state index in [1.54, 1.807) is 0 Å². The van der Waals surface area contributed by atoms with Crippen molar-refractivity contribution in [1.82, 2.24) is 14.7 Å². The standard InChI is InChI=1S/C21H33N3O3/c1-2-27-20(26)23-9-6-21(14-23)10-15(11-21)24-12-16-17(13-24)18(16)19(25)22-7-4-3-5-8-22/h15-18H,2-14H2,1H3/t15?,16-,17+,18-,21?. The molecule has 150 valence electrons. The summed E-state index contributed by atoms with van der Waals surface area (Å²) in [4.78, 5) is 31.4. The molecule has 27 heavy (non-hydrogen) atoms. The van der Waals surface area contributed by atoms with Gasteiger partial charge in [-0.3, -0.25) is 9.69 Å². The Morgan fingerprint density at radius 2 is 1.70 bits per heavy atom. The molecule has 2 saturated carbocycles. The zero-order chi connectivity index (χ0) is 18.6. The molecule has 5 rings (SSSR count). The average molecular weight is 376 g/mol. The van der Waals surface area contributed by atoms with Crippen LogP contribution in [0.1, 0.15) is 45.4 Å². The predicted molar refractivity (Wildman–Crippen MR) is 101 cm³/mol. The van der Waals surface area contributed by atoms with Crippen molar-refractivity contribution in [2.75, 3.05) is 45.9 Å². The van der Waals surface area contributed by atoms with E-state index in [0.717, 1.165) is 45.7 Å². The summed E-state index contributed by atoms with van der Waals surface area (Å²) in [5.41, 5.74) is 0.341. The summed E-state index contributed by atoms with van der Waals surface area (Å²) in [5, 5.41) is 0. The number of rotatable bonds is 3. The number of hydrogen-bond donors (Lipinski definition) is 0. The Hall–Kier alpha value is -1.30. The van der Waals surface area contributed by atoms with Crippen molar-refractivity contribution in [2.24, 2.45) is 23.2 Å². The smallest absolute Gasteiger partial charge is 0.409 e. The second-order valence-electron chi connectivity index (χ2n) is 9.63. The second kappa shape index (κ2) is 6.64. The van der Waals surface area contributed by atoms with E-state index in [0.29, 0.717) is 41.7 Å². The van der Waals surface area contributed by atoms with Crippen molar-refractivity contribution in [3.05, 3.63) is 0 Å². The van der Waals surface area contributed by atoms with E-state index in [2.05, 4.69) is 9.80 Å². The summed E-state index contributed by atoms with van der Waals surface area (Å²) in [6, 6.07) is 0.672. The van der Waals surface area contributed by atoms with E-state index in [1.807, 2.05) is 11.8 Å². The molecule has 2 amide bonds. The fourth-order valence-corrected chi connectivity index (χ4v) is 6.39. The number of nitrogens with zero attached hydrogens (tertiary/aromatic N) is 3. The van der Waals surface area contributed by atoms with Gasteiger partial charge in [0.05, 0.1) is 6.61 Å². The van der Waals surface area contributed by atoms with Crippen LogP contribution in [0.3, 0.4) is 0 Å². The molecule has 0 aromatic heterocycles. The highest BCUT2D eigenvalue weighted by molar-refractivity contribution is 5.82. The van der Waals surface area contributed by atoms with Crippen molar-refractivity contribution in [2.45, 2.75) is 51.5 Å². The van der Waals surface area contributed by atoms with Crippen LogP contribution in [0, 0.1) is 23.2 Å². The third kappa shape index (κ3) is 3.04. The highest BCUT2D eigenvalue weighted by Crippen LogP contribution is 2.57. The van der Waals surface area contributed by atoms with Crippen molar-refractivity contribution in [1.29, 1.82) is 0 Å². The highest BCUT2D eigenvalue weighted by atomic mass is 16.6. The minimum Gasteiger partial charge on any atom is -0.450 e. The molecule has 0 N–H and O–H groups in total. The molecule has 0 unspecified atom stereocenters. The summed E-state index contributed by atoms with van der Waals surface area (Å²) >= 11 is 0. The van der Waals surface area contributed by atoms with Gasteiger partial charge < -0.3 is 14.5 Å². The van der Waals surface area contributed by atoms with Gasteiger partial charge in [-0.2, -0.15) is 0 Å². The van der Waals surface area contributed by atoms with Gasteiger partial charge in [0.25, 0.3) is 0 Å². The van der Waals surface area contributed by atoms with E-state index in [9.17, 15) is 9.59 Å². The van der Waals surface area contributed by atoms with Crippen LogP contribution in [0.25, 0.3) is 0 Å². The van der Waals surface area contributed by atoms with Crippen molar-refractivity contribution in [3.8, 4) is 0 Å². The number of amides is 2. The zero-order valence-corrected chi connectivity index (χ0v) is 16.6. The average Bonchev–Trinajstić information content (AvgIpc) is 3.02. The van der Waals surface area contributed by atoms with Gasteiger partial charge in [-0.05, 0) is 62.7 Å². The SMILES string of the molecule is CCOC(=O)N1CCC2(CC(N3C[C@@H]4[C@H](C3)[C@@H]4C(=O)N3CCCCC3)C2)C1. The topological polar surface area (TPSA) is 53.1 Å². The van der Waals surface area contributed by atoms with Crippen LogP contribution in [-0.2, 0) is 9.53 Å². The molecule has 3 aliphatic heterocycles. The predicted octanol–water partition coefficient (Wildman–Crippen LogP) is 2.19. The van der Waals surface area contributed by atoms with Gasteiger partial charge in [0.1, 0.15) is 0 Å². The summed E-state index contributed by atoms with van der Waals surface area (Å²) in [5.74, 6) is 2.03. The Morgan fingerprint density at radius 3 is 2.37 bits per heavy atom. The first-order valence-electron chi connectivity index (χ1n) is 11.0. The molecule has 3 saturated heterocycles. The lowest BCUT2D eigenvalue weighted by Crippen LogP contribution is -2.52. The molecule has 3 atom stereocenters. The van der Waals surface area contributed by atoms with Crippen LogP contribution >= 0.6 is 0 Å². The van der Waals surface area contributed by atoms with E-state index in [-0.39, 0.29) is 6.09 Å². The van der Waals surface area contributed by atoms with Gasteiger partial charge in [-0.1, -0.05) is 0 Å². The Bertz CT molecular complexity index is 600. The number of carbonyl (C=O) groups excluding carboxylic acids is 2. The Morgan fingerprint density at radius 1 is 1.00 bits per heavy atom. The molecular weight excluding hydrogens is 342 g/mol. The van der Waals surface area contributed by atoms with Crippen molar-refractivity contribution < 1.29 is 14.3 Å². The van der Waals surface area contributed by atoms with Gasteiger partial charge in [0.2, 0.25) is 5.91 Å². The maximum absolute atomic E-state index is 12.7. The molecule has 6 heteroatoms. The van der Waals surface area contributed by atoms with E-state index in [1.165, 1.54) is 32.1 Å². The molecule has 3 heterocycles. The number of fused-ring (bicyclic) bond motifs is 1. The fraction of sp³-hybridized carbons (Fsp3) is 0.905. The Labute approximate surface area is 162 Å². The number of carbonyl (C=O) groups is 2. The summed E-state index contributed by atoms with van der Waals surface area (Å²) in [7, 11) is 0. The normalized spacial score (nSPS) is 40.8. The quantitative estimate of drug-likeness (QED) is 0.759. The van der Waals surface area contributed by atoms with Crippen LogP contribution in [-0.4, -0.2) is 78.6 Å².